The van der Waals surface area contributed by atoms with E-state index < -0.39 is 0 Å². The lowest BCUT2D eigenvalue weighted by Gasteiger charge is -2.15. The lowest BCUT2D eigenvalue weighted by Crippen LogP contribution is -2.05. The molecule has 0 spiro atoms. The Morgan fingerprint density at radius 2 is 1.25 bits per heavy atom. The van der Waals surface area contributed by atoms with Crippen LogP contribution in [-0.2, 0) is 0 Å². The van der Waals surface area contributed by atoms with Crippen LogP contribution >= 0.6 is 0 Å². The minimum atomic E-state index is 0.538. The van der Waals surface area contributed by atoms with Crippen LogP contribution in [-0.4, -0.2) is 15.0 Å². The lowest BCUT2D eigenvalue weighted by atomic mass is 9.93. The molecule has 1 unspecified atom stereocenters. The minimum Gasteiger partial charge on any atom is -0.225 e. The van der Waals surface area contributed by atoms with Crippen LogP contribution in [0.15, 0.2) is 12.7 Å². The van der Waals surface area contributed by atoms with Crippen LogP contribution < -0.4 is 0 Å². The zero-order valence-electron chi connectivity index (χ0n) is 13.4. The number of hydrogen-bond donors (Lipinski definition) is 0. The van der Waals surface area contributed by atoms with Gasteiger partial charge < -0.3 is 0 Å². The molecule has 0 aromatic carbocycles. The molecule has 1 aromatic rings. The summed E-state index contributed by atoms with van der Waals surface area (Å²) in [4.78, 5) is 12.7. The van der Waals surface area contributed by atoms with E-state index in [0.29, 0.717) is 5.92 Å². The Balaban J connectivity index is 2.35. The number of hydrogen-bond acceptors (Lipinski definition) is 3. The molecule has 0 aliphatic heterocycles. The molecule has 0 bridgehead atoms. The maximum Gasteiger partial charge on any atom is 0.135 e. The summed E-state index contributed by atoms with van der Waals surface area (Å²) in [6.07, 6.45) is 17.8. The Morgan fingerprint density at radius 3 is 1.80 bits per heavy atom. The zero-order chi connectivity index (χ0) is 14.5. The van der Waals surface area contributed by atoms with Gasteiger partial charge in [-0.15, -0.1) is 0 Å². The third-order valence-corrected chi connectivity index (χ3v) is 3.94. The molecule has 0 aliphatic rings. The quantitative estimate of drug-likeness (QED) is 0.487. The van der Waals surface area contributed by atoms with Gasteiger partial charge in [0.1, 0.15) is 18.5 Å². The molecule has 0 saturated heterocycles. The van der Waals surface area contributed by atoms with E-state index >= 15 is 0 Å². The fourth-order valence-electron chi connectivity index (χ4n) is 2.67. The van der Waals surface area contributed by atoms with Gasteiger partial charge in [0.05, 0.1) is 0 Å². The van der Waals surface area contributed by atoms with Crippen molar-refractivity contribution in [1.82, 2.24) is 15.0 Å². The summed E-state index contributed by atoms with van der Waals surface area (Å²) in [6.45, 7) is 4.53. The molecule has 0 aliphatic carbocycles. The average molecular weight is 277 g/mol. The predicted octanol–water partition coefficient (Wildman–Crippen LogP) is 5.29. The lowest BCUT2D eigenvalue weighted by molar-refractivity contribution is 0.475. The first-order valence-corrected chi connectivity index (χ1v) is 8.50. The van der Waals surface area contributed by atoms with E-state index in [1.165, 1.54) is 70.6 Å². The highest BCUT2D eigenvalue weighted by atomic mass is 15.0. The molecule has 1 heterocycles. The largest absolute Gasteiger partial charge is 0.225 e. The van der Waals surface area contributed by atoms with Crippen molar-refractivity contribution in [3.8, 4) is 0 Å². The second-order valence-corrected chi connectivity index (χ2v) is 5.75. The van der Waals surface area contributed by atoms with Crippen molar-refractivity contribution in [2.45, 2.75) is 90.4 Å². The summed E-state index contributed by atoms with van der Waals surface area (Å²) in [6, 6.07) is 0. The number of nitrogens with zero attached hydrogens (tertiary/aromatic N) is 3. The normalized spacial score (nSPS) is 12.5. The molecule has 0 saturated carbocycles. The monoisotopic (exact) mass is 277 g/mol. The van der Waals surface area contributed by atoms with Crippen LogP contribution in [0.4, 0.5) is 0 Å². The summed E-state index contributed by atoms with van der Waals surface area (Å²) < 4.78 is 0. The zero-order valence-corrected chi connectivity index (χ0v) is 13.4. The van der Waals surface area contributed by atoms with Crippen LogP contribution in [0, 0.1) is 0 Å². The SMILES string of the molecule is CCCCCCCC(CCCCCC)c1ncncn1. The summed E-state index contributed by atoms with van der Waals surface area (Å²) in [5.41, 5.74) is 0. The average Bonchev–Trinajstić information content (AvgIpc) is 2.50. The molecule has 0 fully saturated rings. The Labute approximate surface area is 124 Å². The molecular formula is C17H31N3. The third-order valence-electron chi connectivity index (χ3n) is 3.94. The molecule has 3 nitrogen and oxygen atoms in total. The highest BCUT2D eigenvalue weighted by Gasteiger charge is 2.13. The van der Waals surface area contributed by atoms with E-state index in [-0.39, 0.29) is 0 Å². The topological polar surface area (TPSA) is 38.7 Å². The van der Waals surface area contributed by atoms with Gasteiger partial charge in [-0.05, 0) is 12.8 Å². The maximum atomic E-state index is 4.37. The Morgan fingerprint density at radius 1 is 0.750 bits per heavy atom. The van der Waals surface area contributed by atoms with E-state index in [1.807, 2.05) is 0 Å². The molecule has 114 valence electrons. The van der Waals surface area contributed by atoms with Crippen molar-refractivity contribution in [1.29, 1.82) is 0 Å². The Bertz CT molecular complexity index is 313. The van der Waals surface area contributed by atoms with Gasteiger partial charge in [0, 0.05) is 5.92 Å². The maximum absolute atomic E-state index is 4.37. The number of rotatable bonds is 12. The van der Waals surface area contributed by atoms with Crippen molar-refractivity contribution in [2.75, 3.05) is 0 Å². The van der Waals surface area contributed by atoms with Gasteiger partial charge in [0.2, 0.25) is 0 Å². The van der Waals surface area contributed by atoms with Gasteiger partial charge in [-0.1, -0.05) is 71.6 Å². The van der Waals surface area contributed by atoms with E-state index in [9.17, 15) is 0 Å². The number of aromatic nitrogens is 3. The Kier molecular flexibility index (Phi) is 10.1. The Hall–Kier alpha value is -0.990. The van der Waals surface area contributed by atoms with Crippen LogP contribution in [0.5, 0.6) is 0 Å². The van der Waals surface area contributed by atoms with E-state index in [2.05, 4.69) is 28.8 Å². The first kappa shape index (κ1) is 17.1. The predicted molar refractivity (Wildman–Crippen MR) is 84.7 cm³/mol. The standard InChI is InChI=1S/C17H31N3/c1-3-5-7-9-11-13-16(12-10-8-6-4-2)17-19-14-18-15-20-17/h14-16H,3-13H2,1-2H3. The van der Waals surface area contributed by atoms with Crippen LogP contribution in [0.2, 0.25) is 0 Å². The highest BCUT2D eigenvalue weighted by Crippen LogP contribution is 2.25. The van der Waals surface area contributed by atoms with Crippen molar-refractivity contribution >= 4 is 0 Å². The second kappa shape index (κ2) is 11.8. The summed E-state index contributed by atoms with van der Waals surface area (Å²) in [5.74, 6) is 1.54. The molecule has 0 amide bonds. The van der Waals surface area contributed by atoms with Gasteiger partial charge in [-0.2, -0.15) is 0 Å². The first-order chi connectivity index (χ1) is 9.88. The second-order valence-electron chi connectivity index (χ2n) is 5.75. The van der Waals surface area contributed by atoms with Gasteiger partial charge in [0.15, 0.2) is 0 Å². The van der Waals surface area contributed by atoms with E-state index in [0.717, 1.165) is 5.82 Å². The van der Waals surface area contributed by atoms with Gasteiger partial charge in [0.25, 0.3) is 0 Å². The number of unbranched alkanes of at least 4 members (excludes halogenated alkanes) is 7. The highest BCUT2D eigenvalue weighted by molar-refractivity contribution is 4.93. The molecule has 3 heteroatoms. The van der Waals surface area contributed by atoms with Crippen LogP contribution in [0.1, 0.15) is 96.2 Å². The van der Waals surface area contributed by atoms with Gasteiger partial charge >= 0.3 is 0 Å². The summed E-state index contributed by atoms with van der Waals surface area (Å²) in [5, 5.41) is 0. The molecular weight excluding hydrogens is 246 g/mol. The van der Waals surface area contributed by atoms with Crippen molar-refractivity contribution < 1.29 is 0 Å². The molecule has 0 N–H and O–H groups in total. The van der Waals surface area contributed by atoms with Crippen LogP contribution in [0.25, 0.3) is 0 Å². The first-order valence-electron chi connectivity index (χ1n) is 8.50. The van der Waals surface area contributed by atoms with Crippen molar-refractivity contribution in [3.63, 3.8) is 0 Å². The fraction of sp³-hybridized carbons (Fsp3) is 0.824. The molecule has 1 aromatic heterocycles. The summed E-state index contributed by atoms with van der Waals surface area (Å²) in [7, 11) is 0. The van der Waals surface area contributed by atoms with E-state index in [1.54, 1.807) is 12.7 Å². The molecule has 0 radical (unpaired) electrons. The van der Waals surface area contributed by atoms with Gasteiger partial charge in [-0.25, -0.2) is 15.0 Å². The van der Waals surface area contributed by atoms with Crippen molar-refractivity contribution in [3.05, 3.63) is 18.5 Å². The van der Waals surface area contributed by atoms with Crippen LogP contribution in [0.3, 0.4) is 0 Å². The van der Waals surface area contributed by atoms with Gasteiger partial charge in [-0.3, -0.25) is 0 Å². The molecule has 1 atom stereocenters. The summed E-state index contributed by atoms with van der Waals surface area (Å²) >= 11 is 0. The fourth-order valence-corrected chi connectivity index (χ4v) is 2.67. The third kappa shape index (κ3) is 7.56. The minimum absolute atomic E-state index is 0.538. The molecule has 20 heavy (non-hydrogen) atoms. The smallest absolute Gasteiger partial charge is 0.135 e. The molecule has 1 rings (SSSR count). The van der Waals surface area contributed by atoms with E-state index in [4.69, 9.17) is 0 Å². The van der Waals surface area contributed by atoms with Crippen molar-refractivity contribution in [2.24, 2.45) is 0 Å².